The highest BCUT2D eigenvalue weighted by Gasteiger charge is 2.28. The molecule has 0 radical (unpaired) electrons. The van der Waals surface area contributed by atoms with Gasteiger partial charge in [-0.2, -0.15) is 0 Å². The maximum atomic E-state index is 10.8. The number of nitro benzene ring substituents is 1. The van der Waals surface area contributed by atoms with E-state index < -0.39 is 0 Å². The number of nitrogens with zero attached hydrogens (tertiary/aromatic N) is 2. The van der Waals surface area contributed by atoms with E-state index in [4.69, 9.17) is 0 Å². The quantitative estimate of drug-likeness (QED) is 0.579. The number of hydrogen-bond acceptors (Lipinski definition) is 4. The van der Waals surface area contributed by atoms with Crippen LogP contribution in [0.5, 0.6) is 0 Å². The van der Waals surface area contributed by atoms with Crippen molar-refractivity contribution in [3.8, 4) is 0 Å². The first-order chi connectivity index (χ1) is 8.24. The van der Waals surface area contributed by atoms with Crippen LogP contribution in [0.25, 0.3) is 0 Å². The smallest absolute Gasteiger partial charge is 0.269 e. The number of benzene rings is 1. The van der Waals surface area contributed by atoms with Crippen LogP contribution in [0, 0.1) is 10.1 Å². The number of rotatable bonds is 1. The highest BCUT2D eigenvalue weighted by atomic mass is 16.6. The molecule has 0 aromatic heterocycles. The van der Waals surface area contributed by atoms with Crippen molar-refractivity contribution in [1.82, 2.24) is 10.2 Å². The lowest BCUT2D eigenvalue weighted by atomic mass is 9.92. The number of piperazine rings is 1. The van der Waals surface area contributed by atoms with Crippen molar-refractivity contribution in [2.75, 3.05) is 19.6 Å². The maximum absolute atomic E-state index is 10.8. The fourth-order valence-electron chi connectivity index (χ4n) is 2.76. The highest BCUT2D eigenvalue weighted by molar-refractivity contribution is 5.41. The fraction of sp³-hybridized carbons (Fsp3) is 0.500. The lowest BCUT2D eigenvalue weighted by Crippen LogP contribution is -2.53. The van der Waals surface area contributed by atoms with Gasteiger partial charge >= 0.3 is 0 Å². The molecule has 1 saturated heterocycles. The molecule has 2 heterocycles. The molecule has 1 atom stereocenters. The molecule has 5 nitrogen and oxygen atoms in total. The second kappa shape index (κ2) is 4.09. The lowest BCUT2D eigenvalue weighted by Gasteiger charge is -2.40. The first-order valence-electron chi connectivity index (χ1n) is 5.95. The van der Waals surface area contributed by atoms with Gasteiger partial charge in [-0.05, 0) is 17.5 Å². The van der Waals surface area contributed by atoms with Gasteiger partial charge in [0.05, 0.1) is 4.92 Å². The van der Waals surface area contributed by atoms with Gasteiger partial charge < -0.3 is 5.32 Å². The third-order valence-corrected chi connectivity index (χ3v) is 3.70. The Morgan fingerprint density at radius 1 is 1.41 bits per heavy atom. The molecule has 17 heavy (non-hydrogen) atoms. The molecule has 1 aromatic carbocycles. The van der Waals surface area contributed by atoms with Crippen LogP contribution in [-0.4, -0.2) is 35.5 Å². The molecule has 1 fully saturated rings. The normalized spacial score (nSPS) is 23.9. The summed E-state index contributed by atoms with van der Waals surface area (Å²) in [6.07, 6.45) is 1.00. The minimum absolute atomic E-state index is 0.206. The summed E-state index contributed by atoms with van der Waals surface area (Å²) in [5.74, 6) is 0. The van der Waals surface area contributed by atoms with Crippen LogP contribution < -0.4 is 5.32 Å². The highest BCUT2D eigenvalue weighted by Crippen LogP contribution is 2.27. The van der Waals surface area contributed by atoms with Crippen LogP contribution >= 0.6 is 0 Å². The Labute approximate surface area is 99.6 Å². The number of nitrogens with one attached hydrogen (secondary N) is 1. The molecule has 2 aliphatic heterocycles. The van der Waals surface area contributed by atoms with Crippen molar-refractivity contribution < 1.29 is 4.92 Å². The Balaban J connectivity index is 1.91. The van der Waals surface area contributed by atoms with Crippen LogP contribution in [0.4, 0.5) is 5.69 Å². The van der Waals surface area contributed by atoms with E-state index in [1.807, 2.05) is 6.07 Å². The molecule has 1 N–H and O–H groups in total. The minimum atomic E-state index is -0.315. The third-order valence-electron chi connectivity index (χ3n) is 3.70. The molecular weight excluding hydrogens is 218 g/mol. The van der Waals surface area contributed by atoms with Crippen LogP contribution in [0.3, 0.4) is 0 Å². The van der Waals surface area contributed by atoms with Gasteiger partial charge in [-0.3, -0.25) is 15.0 Å². The Bertz CT molecular complexity index is 461. The van der Waals surface area contributed by atoms with Gasteiger partial charge in [-0.15, -0.1) is 0 Å². The summed E-state index contributed by atoms with van der Waals surface area (Å²) >= 11 is 0. The van der Waals surface area contributed by atoms with Gasteiger partial charge in [0.2, 0.25) is 0 Å². The van der Waals surface area contributed by atoms with Crippen LogP contribution in [0.2, 0.25) is 0 Å². The minimum Gasteiger partial charge on any atom is -0.314 e. The predicted octanol–water partition coefficient (Wildman–Crippen LogP) is 0.925. The van der Waals surface area contributed by atoms with E-state index in [0.717, 1.165) is 38.2 Å². The van der Waals surface area contributed by atoms with Crippen molar-refractivity contribution in [1.29, 1.82) is 0 Å². The van der Waals surface area contributed by atoms with Crippen molar-refractivity contribution in [2.24, 2.45) is 0 Å². The third kappa shape index (κ3) is 1.92. The molecule has 1 aromatic rings. The SMILES string of the molecule is O=[N+]([O-])c1ccc2c(c1)CN1CCNCC1C2. The zero-order chi connectivity index (χ0) is 11.8. The number of fused-ring (bicyclic) bond motifs is 2. The molecule has 90 valence electrons. The first kappa shape index (κ1) is 10.7. The molecular formula is C12H15N3O2. The summed E-state index contributed by atoms with van der Waals surface area (Å²) in [4.78, 5) is 12.9. The van der Waals surface area contributed by atoms with E-state index in [0.29, 0.717) is 6.04 Å². The largest absolute Gasteiger partial charge is 0.314 e. The van der Waals surface area contributed by atoms with Gasteiger partial charge in [0.25, 0.3) is 5.69 Å². The number of nitro groups is 1. The van der Waals surface area contributed by atoms with Crippen molar-refractivity contribution in [2.45, 2.75) is 19.0 Å². The fourth-order valence-corrected chi connectivity index (χ4v) is 2.76. The Morgan fingerprint density at radius 3 is 3.12 bits per heavy atom. The summed E-state index contributed by atoms with van der Waals surface area (Å²) in [5, 5.41) is 14.1. The van der Waals surface area contributed by atoms with E-state index in [1.54, 1.807) is 12.1 Å². The zero-order valence-corrected chi connectivity index (χ0v) is 9.56. The Kier molecular flexibility index (Phi) is 2.57. The summed E-state index contributed by atoms with van der Waals surface area (Å²) < 4.78 is 0. The molecule has 3 rings (SSSR count). The molecule has 0 bridgehead atoms. The van der Waals surface area contributed by atoms with E-state index >= 15 is 0 Å². The lowest BCUT2D eigenvalue weighted by molar-refractivity contribution is -0.385. The number of hydrogen-bond donors (Lipinski definition) is 1. The van der Waals surface area contributed by atoms with E-state index in [-0.39, 0.29) is 10.6 Å². The Morgan fingerprint density at radius 2 is 2.29 bits per heavy atom. The number of non-ortho nitro benzene ring substituents is 1. The van der Waals surface area contributed by atoms with E-state index in [9.17, 15) is 10.1 Å². The van der Waals surface area contributed by atoms with Gasteiger partial charge in [-0.25, -0.2) is 0 Å². The van der Waals surface area contributed by atoms with Crippen molar-refractivity contribution in [3.63, 3.8) is 0 Å². The van der Waals surface area contributed by atoms with E-state index in [2.05, 4.69) is 10.2 Å². The van der Waals surface area contributed by atoms with Crippen LogP contribution in [0.15, 0.2) is 18.2 Å². The van der Waals surface area contributed by atoms with Crippen molar-refractivity contribution in [3.05, 3.63) is 39.4 Å². The van der Waals surface area contributed by atoms with Gasteiger partial charge in [0, 0.05) is 44.4 Å². The molecule has 5 heteroatoms. The standard InChI is InChI=1S/C12H15N3O2/c16-15(17)11-2-1-9-5-12-7-13-3-4-14(12)8-10(9)6-11/h1-2,6,12-13H,3-5,7-8H2. The first-order valence-corrected chi connectivity index (χ1v) is 5.95. The van der Waals surface area contributed by atoms with Gasteiger partial charge in [-0.1, -0.05) is 6.07 Å². The zero-order valence-electron chi connectivity index (χ0n) is 9.56. The van der Waals surface area contributed by atoms with Gasteiger partial charge in [0.1, 0.15) is 0 Å². The predicted molar refractivity (Wildman–Crippen MR) is 63.9 cm³/mol. The van der Waals surface area contributed by atoms with Crippen molar-refractivity contribution >= 4 is 5.69 Å². The summed E-state index contributed by atoms with van der Waals surface area (Å²) in [7, 11) is 0. The molecule has 2 aliphatic rings. The van der Waals surface area contributed by atoms with E-state index in [1.165, 1.54) is 5.56 Å². The molecule has 0 aliphatic carbocycles. The second-order valence-corrected chi connectivity index (χ2v) is 4.74. The summed E-state index contributed by atoms with van der Waals surface area (Å²) in [6.45, 7) is 3.92. The topological polar surface area (TPSA) is 58.4 Å². The van der Waals surface area contributed by atoms with Gasteiger partial charge in [0.15, 0.2) is 0 Å². The monoisotopic (exact) mass is 233 g/mol. The van der Waals surface area contributed by atoms with Crippen LogP contribution in [0.1, 0.15) is 11.1 Å². The Hall–Kier alpha value is -1.46. The molecule has 0 amide bonds. The molecule has 0 spiro atoms. The van der Waals surface area contributed by atoms with Crippen LogP contribution in [-0.2, 0) is 13.0 Å². The maximum Gasteiger partial charge on any atom is 0.269 e. The average Bonchev–Trinajstić information content (AvgIpc) is 2.35. The molecule has 1 unspecified atom stereocenters. The second-order valence-electron chi connectivity index (χ2n) is 4.74. The summed E-state index contributed by atoms with van der Waals surface area (Å²) in [5.41, 5.74) is 2.59. The summed E-state index contributed by atoms with van der Waals surface area (Å²) in [6, 6.07) is 5.82. The molecule has 0 saturated carbocycles. The average molecular weight is 233 g/mol.